The Kier molecular flexibility index (Phi) is 8.74. The van der Waals surface area contributed by atoms with Gasteiger partial charge in [0.25, 0.3) is 0 Å². The molecule has 0 aliphatic rings. The largest absolute Gasteiger partial charge is 0.485 e. The lowest BCUT2D eigenvalue weighted by Crippen LogP contribution is -2.16. The topological polar surface area (TPSA) is 69.0 Å². The van der Waals surface area contributed by atoms with E-state index in [4.69, 9.17) is 4.74 Å². The Bertz CT molecular complexity index is 1120. The van der Waals surface area contributed by atoms with E-state index in [0.29, 0.717) is 23.4 Å². The quantitative estimate of drug-likeness (QED) is 0.247. The zero-order chi connectivity index (χ0) is 24.0. The number of benzene rings is 2. The lowest BCUT2D eigenvalue weighted by atomic mass is 10.0. The molecule has 0 aliphatic heterocycles. The van der Waals surface area contributed by atoms with Crippen molar-refractivity contribution in [2.45, 2.75) is 51.9 Å². The summed E-state index contributed by atoms with van der Waals surface area (Å²) in [5.74, 6) is 1.97. The van der Waals surface area contributed by atoms with Crippen molar-refractivity contribution in [1.29, 1.82) is 0 Å². The number of carbonyl (C=O) groups excluding carboxylic acids is 1. The molecule has 0 unspecified atom stereocenters. The monoisotopic (exact) mass is 528 g/mol. The first-order valence-corrected chi connectivity index (χ1v) is 12.5. The Morgan fingerprint density at radius 1 is 1.24 bits per heavy atom. The highest BCUT2D eigenvalue weighted by atomic mass is 79.9. The van der Waals surface area contributed by atoms with Crippen LogP contribution in [0.25, 0.3) is 0 Å². The lowest BCUT2D eigenvalue weighted by molar-refractivity contribution is -0.113. The number of halogens is 1. The minimum atomic E-state index is -0.0919. The summed E-state index contributed by atoms with van der Waals surface area (Å²) in [4.78, 5) is 12.7. The van der Waals surface area contributed by atoms with Crippen LogP contribution in [0.2, 0.25) is 0 Å². The van der Waals surface area contributed by atoms with E-state index in [-0.39, 0.29) is 18.3 Å². The SMILES string of the molecule is C=CCn1c(COc2c(C)cccc2C)nnc1SCC(=O)Nc1ccc(Br)cc1C(C)C. The van der Waals surface area contributed by atoms with Crippen molar-refractivity contribution in [2.24, 2.45) is 0 Å². The molecule has 0 bridgehead atoms. The van der Waals surface area contributed by atoms with Gasteiger partial charge in [-0.05, 0) is 54.7 Å². The molecule has 0 atom stereocenters. The van der Waals surface area contributed by atoms with Gasteiger partial charge in [0.15, 0.2) is 11.0 Å². The molecule has 0 radical (unpaired) electrons. The average molecular weight is 530 g/mol. The molecule has 0 saturated heterocycles. The highest BCUT2D eigenvalue weighted by molar-refractivity contribution is 9.10. The minimum absolute atomic E-state index is 0.0919. The second-order valence-corrected chi connectivity index (χ2v) is 9.89. The third-order valence-electron chi connectivity index (χ3n) is 5.10. The van der Waals surface area contributed by atoms with E-state index in [1.54, 1.807) is 6.08 Å². The van der Waals surface area contributed by atoms with Gasteiger partial charge in [0.2, 0.25) is 5.91 Å². The first kappa shape index (κ1) is 25.1. The molecule has 33 heavy (non-hydrogen) atoms. The van der Waals surface area contributed by atoms with Crippen molar-refractivity contribution in [3.8, 4) is 5.75 Å². The van der Waals surface area contributed by atoms with E-state index < -0.39 is 0 Å². The van der Waals surface area contributed by atoms with Gasteiger partial charge in [-0.3, -0.25) is 9.36 Å². The summed E-state index contributed by atoms with van der Waals surface area (Å²) in [5.41, 5.74) is 4.06. The number of aryl methyl sites for hydroxylation is 2. The van der Waals surface area contributed by atoms with Crippen molar-refractivity contribution in [2.75, 3.05) is 11.1 Å². The van der Waals surface area contributed by atoms with Gasteiger partial charge < -0.3 is 10.1 Å². The smallest absolute Gasteiger partial charge is 0.234 e. The van der Waals surface area contributed by atoms with Crippen LogP contribution in [-0.4, -0.2) is 26.4 Å². The first-order chi connectivity index (χ1) is 15.8. The van der Waals surface area contributed by atoms with Crippen LogP contribution in [0.4, 0.5) is 5.69 Å². The number of nitrogens with one attached hydrogen (secondary N) is 1. The molecule has 1 heterocycles. The fourth-order valence-electron chi connectivity index (χ4n) is 3.45. The Balaban J connectivity index is 1.67. The molecule has 2 aromatic carbocycles. The van der Waals surface area contributed by atoms with Crippen molar-refractivity contribution in [1.82, 2.24) is 14.8 Å². The fraction of sp³-hybridized carbons (Fsp3) is 0.320. The van der Waals surface area contributed by atoms with Crippen molar-refractivity contribution in [3.63, 3.8) is 0 Å². The number of hydrogen-bond donors (Lipinski definition) is 1. The molecule has 1 amide bonds. The molecular formula is C25H29BrN4O2S. The fourth-order valence-corrected chi connectivity index (χ4v) is 4.60. The van der Waals surface area contributed by atoms with Crippen LogP contribution in [0.5, 0.6) is 5.75 Å². The van der Waals surface area contributed by atoms with Gasteiger partial charge in [-0.1, -0.05) is 65.8 Å². The first-order valence-electron chi connectivity index (χ1n) is 10.7. The summed E-state index contributed by atoms with van der Waals surface area (Å²) in [6.45, 7) is 12.9. The Labute approximate surface area is 208 Å². The lowest BCUT2D eigenvalue weighted by Gasteiger charge is -2.14. The zero-order valence-corrected chi connectivity index (χ0v) is 21.8. The second kappa shape index (κ2) is 11.5. The minimum Gasteiger partial charge on any atom is -0.485 e. The molecule has 3 aromatic rings. The van der Waals surface area contributed by atoms with Crippen LogP contribution in [0, 0.1) is 13.8 Å². The van der Waals surface area contributed by atoms with Gasteiger partial charge in [0.1, 0.15) is 12.4 Å². The predicted octanol–water partition coefficient (Wildman–Crippen LogP) is 6.28. The zero-order valence-electron chi connectivity index (χ0n) is 19.4. The maximum atomic E-state index is 12.7. The van der Waals surface area contributed by atoms with Crippen LogP contribution in [0.3, 0.4) is 0 Å². The van der Waals surface area contributed by atoms with Gasteiger partial charge >= 0.3 is 0 Å². The van der Waals surface area contributed by atoms with Gasteiger partial charge in [0.05, 0.1) is 5.75 Å². The number of thioether (sulfide) groups is 1. The van der Waals surface area contributed by atoms with Crippen molar-refractivity contribution >= 4 is 39.3 Å². The van der Waals surface area contributed by atoms with Gasteiger partial charge in [-0.2, -0.15) is 0 Å². The van der Waals surface area contributed by atoms with Crippen molar-refractivity contribution in [3.05, 3.63) is 76.0 Å². The highest BCUT2D eigenvalue weighted by Gasteiger charge is 2.16. The van der Waals surface area contributed by atoms with E-state index in [1.807, 2.05) is 54.8 Å². The summed E-state index contributed by atoms with van der Waals surface area (Å²) in [6.07, 6.45) is 1.78. The third-order valence-corrected chi connectivity index (χ3v) is 6.56. The van der Waals surface area contributed by atoms with Crippen LogP contribution >= 0.6 is 27.7 Å². The number of allylic oxidation sites excluding steroid dienone is 1. The van der Waals surface area contributed by atoms with E-state index in [0.717, 1.165) is 32.6 Å². The number of anilines is 1. The number of amides is 1. The predicted molar refractivity (Wildman–Crippen MR) is 138 cm³/mol. The third kappa shape index (κ3) is 6.48. The highest BCUT2D eigenvalue weighted by Crippen LogP contribution is 2.28. The number of ether oxygens (including phenoxy) is 1. The molecular weight excluding hydrogens is 500 g/mol. The number of aromatic nitrogens is 3. The molecule has 0 saturated carbocycles. The Morgan fingerprint density at radius 2 is 1.97 bits per heavy atom. The molecule has 3 rings (SSSR count). The van der Waals surface area contributed by atoms with Crippen molar-refractivity contribution < 1.29 is 9.53 Å². The van der Waals surface area contributed by atoms with Crippen LogP contribution < -0.4 is 10.1 Å². The molecule has 1 aromatic heterocycles. The van der Waals surface area contributed by atoms with Crippen LogP contribution in [0.15, 0.2) is 58.7 Å². The Morgan fingerprint density at radius 3 is 2.64 bits per heavy atom. The number of hydrogen-bond acceptors (Lipinski definition) is 5. The summed E-state index contributed by atoms with van der Waals surface area (Å²) in [5, 5.41) is 12.3. The summed E-state index contributed by atoms with van der Waals surface area (Å²) in [7, 11) is 0. The molecule has 1 N–H and O–H groups in total. The normalized spacial score (nSPS) is 11.0. The molecule has 8 heteroatoms. The molecule has 6 nitrogen and oxygen atoms in total. The molecule has 174 valence electrons. The van der Waals surface area contributed by atoms with E-state index in [1.165, 1.54) is 11.8 Å². The number of nitrogens with zero attached hydrogens (tertiary/aromatic N) is 3. The number of para-hydroxylation sites is 1. The van der Waals surface area contributed by atoms with E-state index >= 15 is 0 Å². The number of carbonyl (C=O) groups is 1. The molecule has 0 fully saturated rings. The van der Waals surface area contributed by atoms with E-state index in [2.05, 4.69) is 51.9 Å². The van der Waals surface area contributed by atoms with E-state index in [9.17, 15) is 4.79 Å². The number of rotatable bonds is 10. The summed E-state index contributed by atoms with van der Waals surface area (Å²) in [6, 6.07) is 11.9. The van der Waals surface area contributed by atoms with Gasteiger partial charge in [-0.15, -0.1) is 16.8 Å². The van der Waals surface area contributed by atoms with Crippen LogP contribution in [0.1, 0.15) is 42.3 Å². The maximum absolute atomic E-state index is 12.7. The van der Waals surface area contributed by atoms with Crippen LogP contribution in [-0.2, 0) is 17.9 Å². The maximum Gasteiger partial charge on any atom is 0.234 e. The summed E-state index contributed by atoms with van der Waals surface area (Å²) < 4.78 is 8.97. The standard InChI is InChI=1S/C25H29BrN4O2S/c1-6-12-30-22(14-32-24-17(4)8-7-9-18(24)5)28-29-25(30)33-15-23(31)27-21-11-10-19(26)13-20(21)16(2)3/h6-11,13,16H,1,12,14-15H2,2-5H3,(H,27,31). The average Bonchev–Trinajstić information content (AvgIpc) is 3.15. The second-order valence-electron chi connectivity index (χ2n) is 8.03. The molecule has 0 spiro atoms. The summed E-state index contributed by atoms with van der Waals surface area (Å²) >= 11 is 4.84. The Hall–Kier alpha value is -2.58. The molecule has 0 aliphatic carbocycles. The van der Waals surface area contributed by atoms with Gasteiger partial charge in [-0.25, -0.2) is 0 Å². The van der Waals surface area contributed by atoms with Gasteiger partial charge in [0, 0.05) is 16.7 Å².